The van der Waals surface area contributed by atoms with Gasteiger partial charge in [0.2, 0.25) is 11.7 Å². The number of carbonyl (C=O) groups excluding carboxylic acids is 3. The first kappa shape index (κ1) is 28.0. The number of aryl methyl sites for hydroxylation is 2. The van der Waals surface area contributed by atoms with Crippen LogP contribution >= 0.6 is 11.3 Å². The third kappa shape index (κ3) is 5.66. The Morgan fingerprint density at radius 1 is 1.12 bits per heavy atom. The molecule has 0 saturated heterocycles. The van der Waals surface area contributed by atoms with Crippen LogP contribution in [0.1, 0.15) is 37.8 Å². The van der Waals surface area contributed by atoms with Crippen molar-refractivity contribution < 1.29 is 19.3 Å². The van der Waals surface area contributed by atoms with E-state index < -0.39 is 28.7 Å². The fraction of sp³-hybridized carbons (Fsp3) is 0.148. The molecule has 1 aromatic carbocycles. The molecule has 0 bridgehead atoms. The van der Waals surface area contributed by atoms with Gasteiger partial charge < -0.3 is 16.4 Å². The van der Waals surface area contributed by atoms with Gasteiger partial charge in [-0.15, -0.1) is 11.3 Å². The molecule has 15 heteroatoms. The zero-order valence-electron chi connectivity index (χ0n) is 22.3. The second-order valence-electron chi connectivity index (χ2n) is 9.30. The predicted octanol–water partition coefficient (Wildman–Crippen LogP) is 2.88. The molecule has 3 amide bonds. The number of amides is 3. The zero-order valence-corrected chi connectivity index (χ0v) is 23.1. The summed E-state index contributed by atoms with van der Waals surface area (Å²) in [5.74, 6) is -2.01. The van der Waals surface area contributed by atoms with Gasteiger partial charge in [0.05, 0.1) is 45.3 Å². The molecule has 0 spiro atoms. The number of carbonyl (C=O) groups is 3. The number of hydrogen-bond acceptors (Lipinski definition) is 10. The van der Waals surface area contributed by atoms with E-state index in [1.165, 1.54) is 35.9 Å². The first-order valence-corrected chi connectivity index (χ1v) is 13.4. The molecule has 4 heterocycles. The fourth-order valence-electron chi connectivity index (χ4n) is 4.33. The van der Waals surface area contributed by atoms with Gasteiger partial charge in [-0.25, -0.2) is 19.6 Å². The molecule has 4 aromatic heterocycles. The SMILES string of the molecule is Cc1ccc([N+](=O)[O-])c(NC(=O)c2cccc3c2cnn3-c2cnc(C(=O)N[C@@H](Cc3cscn3)C(N)=O)c(C)c2)n1. The maximum Gasteiger partial charge on any atom is 0.311 e. The molecule has 0 radical (unpaired) electrons. The summed E-state index contributed by atoms with van der Waals surface area (Å²) >= 11 is 1.37. The molecule has 0 aliphatic heterocycles. The van der Waals surface area contributed by atoms with Crippen molar-refractivity contribution in [1.82, 2.24) is 30.0 Å². The van der Waals surface area contributed by atoms with E-state index in [1.807, 2.05) is 0 Å². The van der Waals surface area contributed by atoms with Crippen molar-refractivity contribution in [3.8, 4) is 5.69 Å². The van der Waals surface area contributed by atoms with Gasteiger partial charge in [0.25, 0.3) is 11.8 Å². The van der Waals surface area contributed by atoms with Crippen LogP contribution in [-0.4, -0.2) is 53.4 Å². The number of fused-ring (bicyclic) bond motifs is 1. The van der Waals surface area contributed by atoms with E-state index in [1.54, 1.807) is 53.7 Å². The molecule has 0 aliphatic rings. The van der Waals surface area contributed by atoms with Crippen LogP contribution in [0.25, 0.3) is 16.6 Å². The minimum atomic E-state index is -0.962. The van der Waals surface area contributed by atoms with E-state index >= 15 is 0 Å². The van der Waals surface area contributed by atoms with Crippen molar-refractivity contribution in [2.45, 2.75) is 26.3 Å². The summed E-state index contributed by atoms with van der Waals surface area (Å²) in [4.78, 5) is 61.4. The van der Waals surface area contributed by atoms with E-state index in [0.717, 1.165) is 0 Å². The normalized spacial score (nSPS) is 11.7. The number of aromatic nitrogens is 5. The number of thiazole rings is 1. The Bertz CT molecular complexity index is 1850. The van der Waals surface area contributed by atoms with E-state index in [4.69, 9.17) is 5.73 Å². The fourth-order valence-corrected chi connectivity index (χ4v) is 4.90. The Morgan fingerprint density at radius 3 is 2.62 bits per heavy atom. The second kappa shape index (κ2) is 11.5. The predicted molar refractivity (Wildman–Crippen MR) is 153 cm³/mol. The number of rotatable bonds is 9. The summed E-state index contributed by atoms with van der Waals surface area (Å²) in [6, 6.07) is 8.48. The Balaban J connectivity index is 1.40. The number of nitrogens with zero attached hydrogens (tertiary/aromatic N) is 6. The van der Waals surface area contributed by atoms with Crippen molar-refractivity contribution in [3.63, 3.8) is 0 Å². The molecule has 0 fully saturated rings. The van der Waals surface area contributed by atoms with E-state index in [9.17, 15) is 24.5 Å². The summed E-state index contributed by atoms with van der Waals surface area (Å²) in [5.41, 5.74) is 9.85. The van der Waals surface area contributed by atoms with Crippen LogP contribution in [0.4, 0.5) is 11.5 Å². The highest BCUT2D eigenvalue weighted by atomic mass is 32.1. The Labute approximate surface area is 241 Å². The standard InChI is InChI=1S/C27H23N9O5S/c1-14-8-17(10-29-23(14)27(39)33-20(24(28)37)9-16-12-42-13-30-16)35-21-5-3-4-18(19(21)11-31-35)26(38)34-25-22(36(40)41)7-6-15(2)32-25/h3-8,10-13,20H,9H2,1-2H3,(H2,28,37)(H,33,39)(H,32,34,38)/t20-/m0/s1. The summed E-state index contributed by atoms with van der Waals surface area (Å²) < 4.78 is 1.55. The van der Waals surface area contributed by atoms with Gasteiger partial charge in [-0.3, -0.25) is 24.5 Å². The molecule has 212 valence electrons. The van der Waals surface area contributed by atoms with Crippen molar-refractivity contribution in [2.75, 3.05) is 5.32 Å². The number of pyridine rings is 2. The van der Waals surface area contributed by atoms with Gasteiger partial charge in [-0.05, 0) is 43.7 Å². The van der Waals surface area contributed by atoms with Gasteiger partial charge in [0, 0.05) is 28.9 Å². The van der Waals surface area contributed by atoms with Crippen LogP contribution < -0.4 is 16.4 Å². The van der Waals surface area contributed by atoms with Crippen LogP contribution in [0, 0.1) is 24.0 Å². The molecule has 4 N–H and O–H groups in total. The number of nitro groups is 1. The van der Waals surface area contributed by atoms with Crippen LogP contribution in [0.3, 0.4) is 0 Å². The van der Waals surface area contributed by atoms with Crippen LogP contribution in [0.5, 0.6) is 0 Å². The number of nitrogens with two attached hydrogens (primary N) is 1. The van der Waals surface area contributed by atoms with Crippen molar-refractivity contribution in [3.05, 3.63) is 98.0 Å². The molecule has 0 unspecified atom stereocenters. The smallest absolute Gasteiger partial charge is 0.311 e. The van der Waals surface area contributed by atoms with Gasteiger partial charge in [0.15, 0.2) is 0 Å². The van der Waals surface area contributed by atoms with E-state index in [0.29, 0.717) is 33.5 Å². The summed E-state index contributed by atoms with van der Waals surface area (Å²) in [5, 5.41) is 23.2. The van der Waals surface area contributed by atoms with Crippen LogP contribution in [0.2, 0.25) is 0 Å². The highest BCUT2D eigenvalue weighted by Gasteiger charge is 2.23. The van der Waals surface area contributed by atoms with Gasteiger partial charge in [-0.2, -0.15) is 5.10 Å². The molecule has 0 saturated carbocycles. The number of anilines is 1. The van der Waals surface area contributed by atoms with Crippen molar-refractivity contribution in [2.24, 2.45) is 5.73 Å². The molecule has 14 nitrogen and oxygen atoms in total. The lowest BCUT2D eigenvalue weighted by Gasteiger charge is -2.15. The maximum atomic E-state index is 13.2. The monoisotopic (exact) mass is 585 g/mol. The molecule has 5 aromatic rings. The number of primary amides is 1. The molecule has 0 aliphatic carbocycles. The Kier molecular flexibility index (Phi) is 7.66. The lowest BCUT2D eigenvalue weighted by Crippen LogP contribution is -2.46. The van der Waals surface area contributed by atoms with Gasteiger partial charge in [-0.1, -0.05) is 6.07 Å². The number of hydrogen-bond donors (Lipinski definition) is 3. The highest BCUT2D eigenvalue weighted by Crippen LogP contribution is 2.26. The third-order valence-electron chi connectivity index (χ3n) is 6.37. The largest absolute Gasteiger partial charge is 0.368 e. The minimum Gasteiger partial charge on any atom is -0.368 e. The summed E-state index contributed by atoms with van der Waals surface area (Å²) in [7, 11) is 0. The maximum absolute atomic E-state index is 13.2. The molecular weight excluding hydrogens is 562 g/mol. The first-order valence-electron chi connectivity index (χ1n) is 12.5. The van der Waals surface area contributed by atoms with Crippen LogP contribution in [0.15, 0.2) is 59.7 Å². The third-order valence-corrected chi connectivity index (χ3v) is 7.00. The zero-order chi connectivity index (χ0) is 30.0. The topological polar surface area (TPSA) is 201 Å². The quantitative estimate of drug-likeness (QED) is 0.172. The second-order valence-corrected chi connectivity index (χ2v) is 10.0. The minimum absolute atomic E-state index is 0.104. The summed E-state index contributed by atoms with van der Waals surface area (Å²) in [6.07, 6.45) is 3.10. The van der Waals surface area contributed by atoms with Gasteiger partial charge >= 0.3 is 5.69 Å². The van der Waals surface area contributed by atoms with E-state index in [-0.39, 0.29) is 29.2 Å². The van der Waals surface area contributed by atoms with Gasteiger partial charge in [0.1, 0.15) is 11.7 Å². The number of benzene rings is 1. The molecular formula is C27H23N9O5S. The van der Waals surface area contributed by atoms with Crippen molar-refractivity contribution in [1.29, 1.82) is 0 Å². The molecule has 1 atom stereocenters. The van der Waals surface area contributed by atoms with E-state index in [2.05, 4.69) is 30.7 Å². The average molecular weight is 586 g/mol. The van der Waals surface area contributed by atoms with Crippen molar-refractivity contribution >= 4 is 51.5 Å². The molecule has 5 rings (SSSR count). The molecule has 42 heavy (non-hydrogen) atoms. The first-order chi connectivity index (χ1) is 20.1. The lowest BCUT2D eigenvalue weighted by molar-refractivity contribution is -0.384. The highest BCUT2D eigenvalue weighted by molar-refractivity contribution is 7.07. The van der Waals surface area contributed by atoms with Crippen LogP contribution in [-0.2, 0) is 11.2 Å². The Morgan fingerprint density at radius 2 is 1.93 bits per heavy atom. The number of nitrogens with one attached hydrogen (secondary N) is 2. The lowest BCUT2D eigenvalue weighted by atomic mass is 10.1. The Hall–Kier alpha value is -5.57. The summed E-state index contributed by atoms with van der Waals surface area (Å²) in [6.45, 7) is 3.35. The average Bonchev–Trinajstić information content (AvgIpc) is 3.62.